The van der Waals surface area contributed by atoms with Crippen LogP contribution in [0.15, 0.2) is 55.1 Å². The number of nitrogens with zero attached hydrogens (tertiary/aromatic N) is 4. The number of aromatic nitrogens is 3. The lowest BCUT2D eigenvalue weighted by Crippen LogP contribution is -2.28. The highest BCUT2D eigenvalue weighted by atomic mass is 16.6. The molecule has 10 heteroatoms. The number of hydrogen-bond donors (Lipinski definition) is 2. The van der Waals surface area contributed by atoms with Crippen molar-refractivity contribution in [2.45, 2.75) is 13.8 Å². The van der Waals surface area contributed by atoms with E-state index in [2.05, 4.69) is 20.7 Å². The lowest BCUT2D eigenvalue weighted by molar-refractivity contribution is -0.384. The van der Waals surface area contributed by atoms with Crippen LogP contribution in [0, 0.1) is 16.0 Å². The number of amides is 2. The normalized spacial score (nSPS) is 10.6. The zero-order valence-electron chi connectivity index (χ0n) is 16.4. The second kappa shape index (κ2) is 8.95. The molecule has 2 amide bonds. The molecular formula is C20H20N6O4. The number of para-hydroxylation sites is 1. The standard InChI is InChI=1S/C20H20N6O4/c1-13(2)10-22-20(28)15-5-3-4-6-16(15)24-19(27)14-7-8-17(18(9-14)26(29)30)25-12-21-11-23-25/h3-9,11-13H,10H2,1-2H3,(H,22,28)(H,24,27). The summed E-state index contributed by atoms with van der Waals surface area (Å²) in [5.41, 5.74) is 0.577. The minimum absolute atomic E-state index is 0.0722. The molecule has 0 saturated heterocycles. The van der Waals surface area contributed by atoms with Gasteiger partial charge in [0.25, 0.3) is 17.5 Å². The van der Waals surface area contributed by atoms with Crippen LogP contribution in [0.1, 0.15) is 34.6 Å². The van der Waals surface area contributed by atoms with Gasteiger partial charge in [-0.15, -0.1) is 0 Å². The Kier molecular flexibility index (Phi) is 6.16. The second-order valence-corrected chi connectivity index (χ2v) is 6.90. The van der Waals surface area contributed by atoms with Gasteiger partial charge in [-0.25, -0.2) is 9.67 Å². The van der Waals surface area contributed by atoms with Crippen LogP contribution in [0.4, 0.5) is 11.4 Å². The van der Waals surface area contributed by atoms with Crippen molar-refractivity contribution in [1.29, 1.82) is 0 Å². The summed E-state index contributed by atoms with van der Waals surface area (Å²) in [4.78, 5) is 39.8. The van der Waals surface area contributed by atoms with E-state index in [1.807, 2.05) is 13.8 Å². The minimum atomic E-state index is -0.596. The molecule has 1 aromatic heterocycles. The highest BCUT2D eigenvalue weighted by Crippen LogP contribution is 2.24. The van der Waals surface area contributed by atoms with Crippen LogP contribution in [-0.2, 0) is 0 Å². The molecule has 10 nitrogen and oxygen atoms in total. The Labute approximate surface area is 172 Å². The fraction of sp³-hybridized carbons (Fsp3) is 0.200. The molecule has 0 unspecified atom stereocenters. The maximum Gasteiger partial charge on any atom is 0.295 e. The Morgan fingerprint density at radius 3 is 2.60 bits per heavy atom. The van der Waals surface area contributed by atoms with E-state index < -0.39 is 10.8 Å². The molecule has 0 bridgehead atoms. The first-order chi connectivity index (χ1) is 14.4. The van der Waals surface area contributed by atoms with E-state index in [0.717, 1.165) is 6.07 Å². The number of nitro benzene ring substituents is 1. The summed E-state index contributed by atoms with van der Waals surface area (Å²) < 4.78 is 1.24. The zero-order valence-corrected chi connectivity index (χ0v) is 16.4. The first kappa shape index (κ1) is 20.6. The highest BCUT2D eigenvalue weighted by Gasteiger charge is 2.20. The van der Waals surface area contributed by atoms with Gasteiger partial charge in [0.1, 0.15) is 18.3 Å². The maximum atomic E-state index is 12.7. The molecule has 3 rings (SSSR count). The summed E-state index contributed by atoms with van der Waals surface area (Å²) in [5, 5.41) is 20.8. The third-order valence-corrected chi connectivity index (χ3v) is 4.19. The predicted molar refractivity (Wildman–Crippen MR) is 110 cm³/mol. The highest BCUT2D eigenvalue weighted by molar-refractivity contribution is 6.09. The van der Waals surface area contributed by atoms with Crippen LogP contribution in [0.25, 0.3) is 5.69 Å². The molecule has 0 atom stereocenters. The molecule has 1 heterocycles. The number of benzene rings is 2. The van der Waals surface area contributed by atoms with Crippen LogP contribution in [0.5, 0.6) is 0 Å². The van der Waals surface area contributed by atoms with Gasteiger partial charge in [-0.05, 0) is 30.2 Å². The zero-order chi connectivity index (χ0) is 21.7. The van der Waals surface area contributed by atoms with Crippen molar-refractivity contribution in [3.05, 3.63) is 76.4 Å². The fourth-order valence-electron chi connectivity index (χ4n) is 2.71. The van der Waals surface area contributed by atoms with Crippen molar-refractivity contribution >= 4 is 23.2 Å². The Morgan fingerprint density at radius 2 is 1.93 bits per heavy atom. The Balaban J connectivity index is 1.86. The smallest absolute Gasteiger partial charge is 0.295 e. The molecule has 0 fully saturated rings. The monoisotopic (exact) mass is 408 g/mol. The van der Waals surface area contributed by atoms with Crippen LogP contribution >= 0.6 is 0 Å². The van der Waals surface area contributed by atoms with E-state index >= 15 is 0 Å². The largest absolute Gasteiger partial charge is 0.352 e. The van der Waals surface area contributed by atoms with Crippen LogP contribution in [-0.4, -0.2) is 38.0 Å². The second-order valence-electron chi connectivity index (χ2n) is 6.90. The number of carbonyl (C=O) groups is 2. The summed E-state index contributed by atoms with van der Waals surface area (Å²) >= 11 is 0. The van der Waals surface area contributed by atoms with Gasteiger partial charge >= 0.3 is 0 Å². The van der Waals surface area contributed by atoms with Gasteiger partial charge in [0.15, 0.2) is 0 Å². The van der Waals surface area contributed by atoms with Crippen LogP contribution in [0.3, 0.4) is 0 Å². The van der Waals surface area contributed by atoms with E-state index in [1.165, 1.54) is 29.5 Å². The molecule has 0 aliphatic rings. The van der Waals surface area contributed by atoms with Gasteiger partial charge in [-0.3, -0.25) is 19.7 Å². The molecule has 0 radical (unpaired) electrons. The third kappa shape index (κ3) is 4.66. The SMILES string of the molecule is CC(C)CNC(=O)c1ccccc1NC(=O)c1ccc(-n2cncn2)c([N+](=O)[O-])c1. The molecule has 154 valence electrons. The summed E-state index contributed by atoms with van der Waals surface area (Å²) in [6.45, 7) is 4.45. The van der Waals surface area contributed by atoms with Gasteiger partial charge in [0.05, 0.1) is 16.2 Å². The lowest BCUT2D eigenvalue weighted by atomic mass is 10.1. The molecule has 0 aliphatic carbocycles. The molecule has 0 aliphatic heterocycles. The fourth-order valence-corrected chi connectivity index (χ4v) is 2.71. The van der Waals surface area contributed by atoms with Crippen molar-refractivity contribution in [3.8, 4) is 5.69 Å². The first-order valence-corrected chi connectivity index (χ1v) is 9.19. The number of nitrogens with one attached hydrogen (secondary N) is 2. The van der Waals surface area contributed by atoms with Crippen molar-refractivity contribution in [1.82, 2.24) is 20.1 Å². The van der Waals surface area contributed by atoms with Crippen molar-refractivity contribution in [2.75, 3.05) is 11.9 Å². The van der Waals surface area contributed by atoms with E-state index in [1.54, 1.807) is 24.3 Å². The van der Waals surface area contributed by atoms with E-state index in [9.17, 15) is 19.7 Å². The molecule has 2 N–H and O–H groups in total. The first-order valence-electron chi connectivity index (χ1n) is 9.19. The van der Waals surface area contributed by atoms with Crippen LogP contribution < -0.4 is 10.6 Å². The number of carbonyl (C=O) groups excluding carboxylic acids is 2. The number of hydrogen-bond acceptors (Lipinski definition) is 6. The van der Waals surface area contributed by atoms with Crippen LogP contribution in [0.2, 0.25) is 0 Å². The summed E-state index contributed by atoms with van der Waals surface area (Å²) in [6, 6.07) is 10.6. The number of rotatable bonds is 7. The topological polar surface area (TPSA) is 132 Å². The number of anilines is 1. The number of nitro groups is 1. The van der Waals surface area contributed by atoms with E-state index in [0.29, 0.717) is 17.8 Å². The van der Waals surface area contributed by atoms with Crippen molar-refractivity contribution < 1.29 is 14.5 Å². The quantitative estimate of drug-likeness (QED) is 0.456. The van der Waals surface area contributed by atoms with Gasteiger partial charge in [-0.2, -0.15) is 5.10 Å². The minimum Gasteiger partial charge on any atom is -0.352 e. The van der Waals surface area contributed by atoms with Gasteiger partial charge in [-0.1, -0.05) is 26.0 Å². The van der Waals surface area contributed by atoms with Crippen molar-refractivity contribution in [3.63, 3.8) is 0 Å². The van der Waals surface area contributed by atoms with E-state index in [-0.39, 0.29) is 28.8 Å². The summed E-state index contributed by atoms with van der Waals surface area (Å²) in [7, 11) is 0. The molecule has 30 heavy (non-hydrogen) atoms. The Bertz CT molecular complexity index is 1080. The van der Waals surface area contributed by atoms with E-state index in [4.69, 9.17) is 0 Å². The van der Waals surface area contributed by atoms with Gasteiger partial charge in [0.2, 0.25) is 0 Å². The third-order valence-electron chi connectivity index (χ3n) is 4.19. The average Bonchev–Trinajstić information content (AvgIpc) is 3.26. The molecule has 2 aromatic carbocycles. The molecule has 0 saturated carbocycles. The average molecular weight is 408 g/mol. The summed E-state index contributed by atoms with van der Waals surface area (Å²) in [6.07, 6.45) is 2.58. The van der Waals surface area contributed by atoms with Gasteiger partial charge in [0, 0.05) is 18.2 Å². The lowest BCUT2D eigenvalue weighted by Gasteiger charge is -2.13. The van der Waals surface area contributed by atoms with Crippen molar-refractivity contribution in [2.24, 2.45) is 5.92 Å². The molecule has 0 spiro atoms. The summed E-state index contributed by atoms with van der Waals surface area (Å²) in [5.74, 6) is -0.612. The predicted octanol–water partition coefficient (Wildman–Crippen LogP) is 2.81. The molecular weight excluding hydrogens is 388 g/mol. The Morgan fingerprint density at radius 1 is 1.17 bits per heavy atom. The Hall–Kier alpha value is -4.08. The van der Waals surface area contributed by atoms with Gasteiger partial charge < -0.3 is 10.6 Å². The molecule has 3 aromatic rings. The maximum absolute atomic E-state index is 12.7.